The second kappa shape index (κ2) is 7.21. The molecular formula is C8H11N2O3S-. The SMILES string of the molecule is CC(=O)N[C@@H](CSCCC#N)C(=O)[O-]. The van der Waals surface area contributed by atoms with Crippen LogP contribution < -0.4 is 10.4 Å². The van der Waals surface area contributed by atoms with Gasteiger partial charge in [-0.05, 0) is 0 Å². The molecule has 0 radical (unpaired) electrons. The zero-order chi connectivity index (χ0) is 11.0. The van der Waals surface area contributed by atoms with Crippen LogP contribution >= 0.6 is 11.8 Å². The van der Waals surface area contributed by atoms with Crippen LogP contribution in [0.2, 0.25) is 0 Å². The molecule has 0 heterocycles. The van der Waals surface area contributed by atoms with Gasteiger partial charge in [0.15, 0.2) is 0 Å². The average Bonchev–Trinajstić information content (AvgIpc) is 2.09. The van der Waals surface area contributed by atoms with Crippen molar-refractivity contribution in [1.29, 1.82) is 5.26 Å². The Morgan fingerprint density at radius 2 is 2.29 bits per heavy atom. The number of nitrogens with one attached hydrogen (secondary N) is 1. The highest BCUT2D eigenvalue weighted by molar-refractivity contribution is 7.99. The number of rotatable bonds is 6. The Balaban J connectivity index is 3.81. The van der Waals surface area contributed by atoms with E-state index in [1.165, 1.54) is 18.7 Å². The molecule has 78 valence electrons. The molecule has 0 aliphatic rings. The van der Waals surface area contributed by atoms with Crippen molar-refractivity contribution in [3.63, 3.8) is 0 Å². The smallest absolute Gasteiger partial charge is 0.217 e. The fraction of sp³-hybridized carbons (Fsp3) is 0.625. The van der Waals surface area contributed by atoms with Crippen molar-refractivity contribution >= 4 is 23.6 Å². The summed E-state index contributed by atoms with van der Waals surface area (Å²) >= 11 is 1.30. The first kappa shape index (κ1) is 12.8. The Morgan fingerprint density at radius 1 is 1.64 bits per heavy atom. The molecule has 0 aromatic rings. The molecule has 0 spiro atoms. The van der Waals surface area contributed by atoms with Gasteiger partial charge >= 0.3 is 0 Å². The molecule has 1 N–H and O–H groups in total. The van der Waals surface area contributed by atoms with E-state index >= 15 is 0 Å². The van der Waals surface area contributed by atoms with Gasteiger partial charge in [-0.25, -0.2) is 0 Å². The maximum absolute atomic E-state index is 10.6. The van der Waals surface area contributed by atoms with Crippen molar-refractivity contribution in [2.75, 3.05) is 11.5 Å². The predicted molar refractivity (Wildman–Crippen MR) is 50.2 cm³/mol. The summed E-state index contributed by atoms with van der Waals surface area (Å²) in [6.07, 6.45) is 0.366. The minimum atomic E-state index is -1.30. The molecule has 0 aromatic carbocycles. The standard InChI is InChI=1S/C8H12N2O3S/c1-6(11)10-7(8(12)13)5-14-4-2-3-9/h7H,2,4-5H2,1H3,(H,10,11)(H,12,13)/p-1/t7-/m0/s1. The van der Waals surface area contributed by atoms with Gasteiger partial charge in [0.25, 0.3) is 0 Å². The summed E-state index contributed by atoms with van der Waals surface area (Å²) in [5, 5.41) is 21.0. The van der Waals surface area contributed by atoms with Crippen molar-refractivity contribution in [1.82, 2.24) is 5.32 Å². The van der Waals surface area contributed by atoms with Crippen LogP contribution in [0.25, 0.3) is 0 Å². The number of aliphatic carboxylic acids is 1. The molecule has 0 rings (SSSR count). The third-order valence-corrected chi connectivity index (χ3v) is 2.37. The monoisotopic (exact) mass is 215 g/mol. The highest BCUT2D eigenvalue weighted by atomic mass is 32.2. The van der Waals surface area contributed by atoms with Gasteiger partial charge in [-0.2, -0.15) is 17.0 Å². The lowest BCUT2D eigenvalue weighted by Gasteiger charge is -2.17. The quantitative estimate of drug-likeness (QED) is 0.567. The summed E-state index contributed by atoms with van der Waals surface area (Å²) in [5.41, 5.74) is 0. The number of thioether (sulfide) groups is 1. The maximum atomic E-state index is 10.6. The number of amides is 1. The van der Waals surface area contributed by atoms with Crippen LogP contribution in [0.5, 0.6) is 0 Å². The van der Waals surface area contributed by atoms with E-state index in [-0.39, 0.29) is 5.75 Å². The summed E-state index contributed by atoms with van der Waals surface area (Å²) in [4.78, 5) is 21.1. The maximum Gasteiger partial charge on any atom is 0.217 e. The minimum Gasteiger partial charge on any atom is -0.548 e. The summed E-state index contributed by atoms with van der Waals surface area (Å²) in [6.45, 7) is 1.25. The molecule has 14 heavy (non-hydrogen) atoms. The largest absolute Gasteiger partial charge is 0.548 e. The normalized spacial score (nSPS) is 11.4. The predicted octanol–water partition coefficient (Wildman–Crippen LogP) is -1.11. The van der Waals surface area contributed by atoms with E-state index in [1.807, 2.05) is 6.07 Å². The second-order valence-electron chi connectivity index (χ2n) is 2.56. The van der Waals surface area contributed by atoms with Crippen molar-refractivity contribution in [2.45, 2.75) is 19.4 Å². The number of carboxylic acids is 1. The Hall–Kier alpha value is -1.22. The highest BCUT2D eigenvalue weighted by Gasteiger charge is 2.10. The van der Waals surface area contributed by atoms with Gasteiger partial charge in [0, 0.05) is 24.9 Å². The summed E-state index contributed by atoms with van der Waals surface area (Å²) in [6, 6.07) is 0.964. The van der Waals surface area contributed by atoms with Crippen LogP contribution in [0.3, 0.4) is 0 Å². The Bertz CT molecular complexity index is 249. The number of nitrogens with zero attached hydrogens (tertiary/aromatic N) is 1. The zero-order valence-electron chi connectivity index (χ0n) is 7.78. The van der Waals surface area contributed by atoms with Crippen LogP contribution in [-0.2, 0) is 9.59 Å². The van der Waals surface area contributed by atoms with Crippen LogP contribution in [-0.4, -0.2) is 29.4 Å². The lowest BCUT2D eigenvalue weighted by molar-refractivity contribution is -0.307. The van der Waals surface area contributed by atoms with E-state index < -0.39 is 17.9 Å². The van der Waals surface area contributed by atoms with Gasteiger partial charge in [0.05, 0.1) is 18.1 Å². The van der Waals surface area contributed by atoms with E-state index in [1.54, 1.807) is 0 Å². The van der Waals surface area contributed by atoms with Crippen molar-refractivity contribution in [3.8, 4) is 6.07 Å². The number of hydrogen-bond acceptors (Lipinski definition) is 5. The van der Waals surface area contributed by atoms with Crippen LogP contribution in [0.15, 0.2) is 0 Å². The van der Waals surface area contributed by atoms with Crippen LogP contribution in [0, 0.1) is 11.3 Å². The molecule has 5 nitrogen and oxygen atoms in total. The van der Waals surface area contributed by atoms with Gasteiger partial charge in [-0.15, -0.1) is 0 Å². The summed E-state index contributed by atoms with van der Waals surface area (Å²) < 4.78 is 0. The molecule has 1 atom stereocenters. The zero-order valence-corrected chi connectivity index (χ0v) is 8.60. The number of hydrogen-bond donors (Lipinski definition) is 1. The van der Waals surface area contributed by atoms with Crippen LogP contribution in [0.4, 0.5) is 0 Å². The first-order chi connectivity index (χ1) is 6.57. The van der Waals surface area contributed by atoms with Crippen LogP contribution in [0.1, 0.15) is 13.3 Å². The molecule has 0 aliphatic heterocycles. The first-order valence-corrected chi connectivity index (χ1v) is 5.16. The van der Waals surface area contributed by atoms with Gasteiger partial charge in [0.2, 0.25) is 5.91 Å². The molecule has 0 saturated carbocycles. The number of carbonyl (C=O) groups excluding carboxylic acids is 2. The fourth-order valence-corrected chi connectivity index (χ4v) is 1.59. The van der Waals surface area contributed by atoms with E-state index in [0.717, 1.165) is 0 Å². The van der Waals surface area contributed by atoms with Gasteiger partial charge in [-0.1, -0.05) is 0 Å². The Kier molecular flexibility index (Phi) is 6.58. The molecule has 6 heteroatoms. The lowest BCUT2D eigenvalue weighted by atomic mass is 10.3. The van der Waals surface area contributed by atoms with E-state index in [4.69, 9.17) is 5.26 Å². The molecule has 0 unspecified atom stereocenters. The third-order valence-electron chi connectivity index (χ3n) is 1.30. The summed E-state index contributed by atoms with van der Waals surface area (Å²) in [7, 11) is 0. The average molecular weight is 215 g/mol. The second-order valence-corrected chi connectivity index (χ2v) is 3.71. The number of nitriles is 1. The minimum absolute atomic E-state index is 0.226. The first-order valence-electron chi connectivity index (χ1n) is 4.00. The van der Waals surface area contributed by atoms with E-state index in [2.05, 4.69) is 5.32 Å². The third kappa shape index (κ3) is 6.31. The van der Waals surface area contributed by atoms with Crippen molar-refractivity contribution < 1.29 is 14.7 Å². The van der Waals surface area contributed by atoms with Gasteiger partial charge < -0.3 is 15.2 Å². The molecule has 0 fully saturated rings. The molecular weight excluding hydrogens is 204 g/mol. The van der Waals surface area contributed by atoms with Gasteiger partial charge in [-0.3, -0.25) is 4.79 Å². The molecule has 0 aromatic heterocycles. The van der Waals surface area contributed by atoms with Gasteiger partial charge in [0.1, 0.15) is 0 Å². The molecule has 0 aliphatic carbocycles. The molecule has 1 amide bonds. The van der Waals surface area contributed by atoms with Crippen molar-refractivity contribution in [3.05, 3.63) is 0 Å². The Labute approximate surface area is 86.5 Å². The number of carbonyl (C=O) groups is 2. The molecule has 0 bridgehead atoms. The summed E-state index contributed by atoms with van der Waals surface area (Å²) in [5.74, 6) is -0.923. The van der Waals surface area contributed by atoms with Crippen molar-refractivity contribution in [2.24, 2.45) is 0 Å². The number of carboxylic acid groups (broad SMARTS) is 1. The topological polar surface area (TPSA) is 93.0 Å². The highest BCUT2D eigenvalue weighted by Crippen LogP contribution is 2.04. The Morgan fingerprint density at radius 3 is 2.71 bits per heavy atom. The van der Waals surface area contributed by atoms with E-state index in [0.29, 0.717) is 12.2 Å². The lowest BCUT2D eigenvalue weighted by Crippen LogP contribution is -2.48. The fourth-order valence-electron chi connectivity index (χ4n) is 0.733. The molecule has 0 saturated heterocycles. The van der Waals surface area contributed by atoms with E-state index in [9.17, 15) is 14.7 Å².